The van der Waals surface area contributed by atoms with Crippen LogP contribution in [0, 0.1) is 6.92 Å². The summed E-state index contributed by atoms with van der Waals surface area (Å²) in [5.74, 6) is 0.148. The molecule has 1 fully saturated rings. The minimum absolute atomic E-state index is 0.132. The lowest BCUT2D eigenvalue weighted by atomic mass is 10.2. The zero-order valence-corrected chi connectivity index (χ0v) is 10.7. The number of carbonyl (C=O) groups is 1. The number of ether oxygens (including phenoxy) is 1. The normalized spacial score (nSPS) is 25.8. The van der Waals surface area contributed by atoms with Gasteiger partial charge in [0.25, 0.3) is 5.91 Å². The molecule has 0 N–H and O–H groups in total. The van der Waals surface area contributed by atoms with Crippen molar-refractivity contribution in [3.05, 3.63) is 21.9 Å². The van der Waals surface area contributed by atoms with Gasteiger partial charge in [0.1, 0.15) is 0 Å². The molecule has 1 aromatic heterocycles. The number of carbonyl (C=O) groups excluding carboxylic acids is 1. The van der Waals surface area contributed by atoms with E-state index in [0.29, 0.717) is 13.1 Å². The highest BCUT2D eigenvalue weighted by atomic mass is 32.1. The molecular weight excluding hydrogens is 222 g/mol. The molecule has 2 atom stereocenters. The third-order valence-electron chi connectivity index (χ3n) is 2.76. The molecule has 1 aliphatic heterocycles. The fraction of sp³-hybridized carbons (Fsp3) is 0.583. The van der Waals surface area contributed by atoms with Gasteiger partial charge in [-0.1, -0.05) is 0 Å². The molecule has 2 heterocycles. The van der Waals surface area contributed by atoms with E-state index in [1.165, 1.54) is 11.3 Å². The molecular formula is C12H17NO2S. The van der Waals surface area contributed by atoms with Gasteiger partial charge in [-0.05, 0) is 37.8 Å². The van der Waals surface area contributed by atoms with Crippen LogP contribution >= 0.6 is 11.3 Å². The van der Waals surface area contributed by atoms with Crippen molar-refractivity contribution < 1.29 is 9.53 Å². The van der Waals surface area contributed by atoms with Crippen molar-refractivity contribution in [3.8, 4) is 0 Å². The summed E-state index contributed by atoms with van der Waals surface area (Å²) in [6.07, 6.45) is 0.265. The van der Waals surface area contributed by atoms with E-state index >= 15 is 0 Å². The van der Waals surface area contributed by atoms with E-state index in [0.717, 1.165) is 10.4 Å². The Balaban J connectivity index is 2.13. The Hall–Kier alpha value is -0.870. The van der Waals surface area contributed by atoms with Crippen molar-refractivity contribution in [1.82, 2.24) is 4.90 Å². The molecule has 1 saturated heterocycles. The monoisotopic (exact) mass is 239 g/mol. The van der Waals surface area contributed by atoms with Crippen molar-refractivity contribution in [1.29, 1.82) is 0 Å². The van der Waals surface area contributed by atoms with Crippen molar-refractivity contribution >= 4 is 17.2 Å². The van der Waals surface area contributed by atoms with E-state index in [1.807, 2.05) is 37.1 Å². The number of thiophene rings is 1. The molecule has 1 aliphatic rings. The van der Waals surface area contributed by atoms with Crippen LogP contribution in [0.1, 0.15) is 29.1 Å². The first-order valence-corrected chi connectivity index (χ1v) is 6.44. The van der Waals surface area contributed by atoms with Gasteiger partial charge >= 0.3 is 0 Å². The highest BCUT2D eigenvalue weighted by molar-refractivity contribution is 7.12. The first kappa shape index (κ1) is 11.6. The number of hydrogen-bond donors (Lipinski definition) is 0. The zero-order chi connectivity index (χ0) is 11.7. The molecule has 1 aromatic rings. The summed E-state index contributed by atoms with van der Waals surface area (Å²) in [6.45, 7) is 7.40. The Kier molecular flexibility index (Phi) is 3.30. The molecule has 3 nitrogen and oxygen atoms in total. The zero-order valence-electron chi connectivity index (χ0n) is 9.90. The average Bonchev–Trinajstić information content (AvgIpc) is 2.62. The predicted octanol–water partition coefficient (Wildman–Crippen LogP) is 2.31. The van der Waals surface area contributed by atoms with Crippen molar-refractivity contribution in [2.75, 3.05) is 13.1 Å². The van der Waals surface area contributed by atoms with E-state index in [4.69, 9.17) is 4.74 Å². The number of amides is 1. The molecule has 0 aliphatic carbocycles. The van der Waals surface area contributed by atoms with Crippen LogP contribution in [0.15, 0.2) is 11.4 Å². The Morgan fingerprint density at radius 2 is 2.06 bits per heavy atom. The molecule has 16 heavy (non-hydrogen) atoms. The molecule has 2 unspecified atom stereocenters. The quantitative estimate of drug-likeness (QED) is 0.752. The van der Waals surface area contributed by atoms with Crippen LogP contribution in [0.2, 0.25) is 0 Å². The fourth-order valence-electron chi connectivity index (χ4n) is 2.08. The van der Waals surface area contributed by atoms with Crippen LogP contribution in [-0.4, -0.2) is 36.1 Å². The van der Waals surface area contributed by atoms with Gasteiger partial charge in [0.05, 0.1) is 17.1 Å². The number of hydrogen-bond acceptors (Lipinski definition) is 3. The lowest BCUT2D eigenvalue weighted by molar-refractivity contribution is -0.0585. The summed E-state index contributed by atoms with van der Waals surface area (Å²) in [5.41, 5.74) is 1.07. The number of aryl methyl sites for hydroxylation is 1. The molecule has 2 rings (SSSR count). The molecule has 0 spiro atoms. The lowest BCUT2D eigenvalue weighted by Gasteiger charge is -2.35. The van der Waals surface area contributed by atoms with Crippen LogP contribution < -0.4 is 0 Å². The SMILES string of the molecule is Cc1ccsc1C(=O)N1CC(C)OC(C)C1. The van der Waals surface area contributed by atoms with E-state index in [-0.39, 0.29) is 18.1 Å². The molecule has 0 aromatic carbocycles. The molecule has 0 radical (unpaired) electrons. The van der Waals surface area contributed by atoms with Crippen LogP contribution in [-0.2, 0) is 4.74 Å². The topological polar surface area (TPSA) is 29.5 Å². The predicted molar refractivity (Wildman–Crippen MR) is 65.0 cm³/mol. The summed E-state index contributed by atoms with van der Waals surface area (Å²) in [6, 6.07) is 1.99. The van der Waals surface area contributed by atoms with Crippen molar-refractivity contribution in [2.24, 2.45) is 0 Å². The first-order valence-electron chi connectivity index (χ1n) is 5.56. The smallest absolute Gasteiger partial charge is 0.264 e. The highest BCUT2D eigenvalue weighted by Gasteiger charge is 2.27. The summed E-state index contributed by atoms with van der Waals surface area (Å²) in [4.78, 5) is 15.0. The third-order valence-corrected chi connectivity index (χ3v) is 3.77. The van der Waals surface area contributed by atoms with Gasteiger partial charge in [-0.25, -0.2) is 0 Å². The number of morpholine rings is 1. The number of nitrogens with zero attached hydrogens (tertiary/aromatic N) is 1. The van der Waals surface area contributed by atoms with Crippen LogP contribution in [0.3, 0.4) is 0 Å². The van der Waals surface area contributed by atoms with Crippen molar-refractivity contribution in [3.63, 3.8) is 0 Å². The van der Waals surface area contributed by atoms with E-state index < -0.39 is 0 Å². The van der Waals surface area contributed by atoms with E-state index in [1.54, 1.807) is 0 Å². The average molecular weight is 239 g/mol. The maximum atomic E-state index is 12.3. The van der Waals surface area contributed by atoms with Gasteiger partial charge in [-0.2, -0.15) is 0 Å². The third kappa shape index (κ3) is 2.28. The molecule has 0 saturated carbocycles. The molecule has 4 heteroatoms. The van der Waals surface area contributed by atoms with Gasteiger partial charge in [0.2, 0.25) is 0 Å². The first-order chi connectivity index (χ1) is 7.58. The lowest BCUT2D eigenvalue weighted by Crippen LogP contribution is -2.48. The van der Waals surface area contributed by atoms with Gasteiger partial charge in [0.15, 0.2) is 0 Å². The minimum atomic E-state index is 0.132. The van der Waals surface area contributed by atoms with Gasteiger partial charge in [-0.3, -0.25) is 4.79 Å². The van der Waals surface area contributed by atoms with Gasteiger partial charge in [-0.15, -0.1) is 11.3 Å². The second-order valence-corrected chi connectivity index (χ2v) is 5.32. The summed E-state index contributed by atoms with van der Waals surface area (Å²) in [5, 5.41) is 1.97. The van der Waals surface area contributed by atoms with Gasteiger partial charge < -0.3 is 9.64 Å². The summed E-state index contributed by atoms with van der Waals surface area (Å²) in [7, 11) is 0. The fourth-order valence-corrected chi connectivity index (χ4v) is 2.97. The molecule has 1 amide bonds. The standard InChI is InChI=1S/C12H17NO2S/c1-8-4-5-16-11(8)12(14)13-6-9(2)15-10(3)7-13/h4-5,9-10H,6-7H2,1-3H3. The summed E-state index contributed by atoms with van der Waals surface area (Å²) >= 11 is 1.52. The largest absolute Gasteiger partial charge is 0.372 e. The summed E-state index contributed by atoms with van der Waals surface area (Å²) < 4.78 is 5.62. The molecule has 0 bridgehead atoms. The number of rotatable bonds is 1. The van der Waals surface area contributed by atoms with Crippen LogP contribution in [0.5, 0.6) is 0 Å². The minimum Gasteiger partial charge on any atom is -0.372 e. The van der Waals surface area contributed by atoms with E-state index in [2.05, 4.69) is 0 Å². The Morgan fingerprint density at radius 3 is 2.56 bits per heavy atom. The second-order valence-electron chi connectivity index (χ2n) is 4.40. The second kappa shape index (κ2) is 4.55. The Morgan fingerprint density at radius 1 is 1.44 bits per heavy atom. The maximum Gasteiger partial charge on any atom is 0.264 e. The highest BCUT2D eigenvalue weighted by Crippen LogP contribution is 2.20. The van der Waals surface area contributed by atoms with Crippen molar-refractivity contribution in [2.45, 2.75) is 33.0 Å². The van der Waals surface area contributed by atoms with Crippen LogP contribution in [0.25, 0.3) is 0 Å². The Bertz CT molecular complexity index is 378. The van der Waals surface area contributed by atoms with Crippen LogP contribution in [0.4, 0.5) is 0 Å². The van der Waals surface area contributed by atoms with Gasteiger partial charge in [0, 0.05) is 13.1 Å². The Labute approximate surface area is 100 Å². The molecule has 88 valence electrons. The van der Waals surface area contributed by atoms with E-state index in [9.17, 15) is 4.79 Å². The maximum absolute atomic E-state index is 12.3.